The molecular formula is C31H24. The summed E-state index contributed by atoms with van der Waals surface area (Å²) in [5, 5.41) is 0. The highest BCUT2D eigenvalue weighted by atomic mass is 14.1. The van der Waals surface area contributed by atoms with Crippen LogP contribution < -0.4 is 0 Å². The predicted molar refractivity (Wildman–Crippen MR) is 131 cm³/mol. The Morgan fingerprint density at radius 2 is 0.968 bits per heavy atom. The van der Waals surface area contributed by atoms with Gasteiger partial charge in [-0.05, 0) is 91.1 Å². The molecule has 0 aromatic heterocycles. The Morgan fingerprint density at radius 3 is 1.55 bits per heavy atom. The highest BCUT2D eigenvalue weighted by Crippen LogP contribution is 2.30. The molecule has 0 radical (unpaired) electrons. The fourth-order valence-electron chi connectivity index (χ4n) is 3.46. The van der Waals surface area contributed by atoms with E-state index in [1.54, 1.807) is 0 Å². The molecule has 0 bridgehead atoms. The average Bonchev–Trinajstić information content (AvgIpc) is 2.80. The topological polar surface area (TPSA) is 0 Å². The third kappa shape index (κ3) is 4.95. The van der Waals surface area contributed by atoms with Crippen LogP contribution in [-0.4, -0.2) is 0 Å². The van der Waals surface area contributed by atoms with Gasteiger partial charge in [0.05, 0.1) is 0 Å². The van der Waals surface area contributed by atoms with E-state index in [9.17, 15) is 0 Å². The van der Waals surface area contributed by atoms with Gasteiger partial charge >= 0.3 is 0 Å². The monoisotopic (exact) mass is 396 g/mol. The van der Waals surface area contributed by atoms with Gasteiger partial charge in [-0.1, -0.05) is 72.2 Å². The quantitative estimate of drug-likeness (QED) is 0.302. The smallest absolute Gasteiger partial charge is 0.0330 e. The van der Waals surface area contributed by atoms with Gasteiger partial charge in [-0.3, -0.25) is 0 Å². The van der Waals surface area contributed by atoms with Crippen molar-refractivity contribution in [3.05, 3.63) is 130 Å². The lowest BCUT2D eigenvalue weighted by Gasteiger charge is -2.12. The first-order valence-electron chi connectivity index (χ1n) is 10.5. The molecule has 0 fully saturated rings. The third-order valence-corrected chi connectivity index (χ3v) is 5.33. The van der Waals surface area contributed by atoms with Crippen molar-refractivity contribution in [2.75, 3.05) is 0 Å². The van der Waals surface area contributed by atoms with E-state index in [1.165, 1.54) is 16.7 Å². The van der Waals surface area contributed by atoms with E-state index < -0.39 is 0 Å². The number of rotatable bonds is 1. The minimum absolute atomic E-state index is 1.01. The third-order valence-electron chi connectivity index (χ3n) is 5.33. The molecule has 0 spiro atoms. The van der Waals surface area contributed by atoms with Gasteiger partial charge in [0.25, 0.3) is 0 Å². The summed E-state index contributed by atoms with van der Waals surface area (Å²) >= 11 is 0. The zero-order valence-electron chi connectivity index (χ0n) is 18.2. The lowest BCUT2D eigenvalue weighted by Crippen LogP contribution is -1.93. The number of benzene rings is 4. The molecule has 0 atom stereocenters. The molecule has 0 aliphatic rings. The van der Waals surface area contributed by atoms with Crippen LogP contribution in [0.1, 0.15) is 38.9 Å². The maximum Gasteiger partial charge on any atom is 0.0330 e. The molecule has 0 saturated carbocycles. The first kappa shape index (κ1) is 20.3. The number of hydrogen-bond donors (Lipinski definition) is 0. The van der Waals surface area contributed by atoms with Crippen LogP contribution in [-0.2, 0) is 0 Å². The Labute approximate surface area is 185 Å². The summed E-state index contributed by atoms with van der Waals surface area (Å²) < 4.78 is 0. The second-order valence-electron chi connectivity index (χ2n) is 7.76. The van der Waals surface area contributed by atoms with Gasteiger partial charge in [-0.2, -0.15) is 0 Å². The molecule has 0 aliphatic carbocycles. The van der Waals surface area contributed by atoms with Crippen LogP contribution in [0.25, 0.3) is 11.1 Å². The van der Waals surface area contributed by atoms with E-state index in [2.05, 4.69) is 74.8 Å². The molecule has 0 unspecified atom stereocenters. The summed E-state index contributed by atoms with van der Waals surface area (Å²) in [5.41, 5.74) is 10.0. The van der Waals surface area contributed by atoms with E-state index in [0.29, 0.717) is 0 Å². The van der Waals surface area contributed by atoms with Gasteiger partial charge in [0, 0.05) is 22.3 Å². The number of aryl methyl sites for hydroxylation is 3. The molecule has 0 aliphatic heterocycles. The molecular weight excluding hydrogens is 372 g/mol. The van der Waals surface area contributed by atoms with Crippen LogP contribution in [0.4, 0.5) is 0 Å². The fraction of sp³-hybridized carbons (Fsp3) is 0.0968. The molecule has 0 N–H and O–H groups in total. The standard InChI is InChI=1S/C31H24/c1-23-14-19-30(28(20-23)17-15-26-10-6-4-7-11-26)31-22-25(3)24(2)21-29(31)18-16-27-12-8-5-9-13-27/h4-14,19-22H,1-3H3. The van der Waals surface area contributed by atoms with Crippen LogP contribution in [0.2, 0.25) is 0 Å². The van der Waals surface area contributed by atoms with Crippen molar-refractivity contribution in [1.82, 2.24) is 0 Å². The second kappa shape index (κ2) is 9.21. The molecule has 31 heavy (non-hydrogen) atoms. The van der Waals surface area contributed by atoms with Crippen LogP contribution in [0, 0.1) is 44.5 Å². The lowest BCUT2D eigenvalue weighted by molar-refractivity contribution is 1.33. The second-order valence-corrected chi connectivity index (χ2v) is 7.76. The largest absolute Gasteiger partial charge is 0.0622 e. The summed E-state index contributed by atoms with van der Waals surface area (Å²) in [4.78, 5) is 0. The number of hydrogen-bond acceptors (Lipinski definition) is 0. The van der Waals surface area contributed by atoms with E-state index >= 15 is 0 Å². The van der Waals surface area contributed by atoms with Crippen LogP contribution >= 0.6 is 0 Å². The molecule has 0 saturated heterocycles. The van der Waals surface area contributed by atoms with Crippen LogP contribution in [0.15, 0.2) is 91.0 Å². The van der Waals surface area contributed by atoms with Crippen LogP contribution in [0.3, 0.4) is 0 Å². The first-order chi connectivity index (χ1) is 15.1. The van der Waals surface area contributed by atoms with Crippen molar-refractivity contribution in [2.24, 2.45) is 0 Å². The van der Waals surface area contributed by atoms with Crippen molar-refractivity contribution in [3.8, 4) is 34.8 Å². The van der Waals surface area contributed by atoms with E-state index in [-0.39, 0.29) is 0 Å². The molecule has 4 rings (SSSR count). The minimum atomic E-state index is 1.01. The molecule has 0 heterocycles. The van der Waals surface area contributed by atoms with Crippen molar-refractivity contribution in [3.63, 3.8) is 0 Å². The lowest BCUT2D eigenvalue weighted by atomic mass is 9.91. The maximum atomic E-state index is 3.41. The molecule has 0 heteroatoms. The summed E-state index contributed by atoms with van der Waals surface area (Å²) in [6, 6.07) is 31.1. The zero-order valence-corrected chi connectivity index (χ0v) is 18.2. The van der Waals surface area contributed by atoms with E-state index in [4.69, 9.17) is 0 Å². The molecule has 148 valence electrons. The summed E-state index contributed by atoms with van der Waals surface area (Å²) in [7, 11) is 0. The first-order valence-corrected chi connectivity index (χ1v) is 10.5. The van der Waals surface area contributed by atoms with Crippen molar-refractivity contribution >= 4 is 0 Å². The summed E-state index contributed by atoms with van der Waals surface area (Å²) in [6.45, 7) is 6.39. The molecule has 0 amide bonds. The molecule has 4 aromatic rings. The Morgan fingerprint density at radius 1 is 0.452 bits per heavy atom. The van der Waals surface area contributed by atoms with Crippen molar-refractivity contribution < 1.29 is 0 Å². The van der Waals surface area contributed by atoms with Gasteiger partial charge in [0.2, 0.25) is 0 Å². The Bertz CT molecular complexity index is 1340. The maximum absolute atomic E-state index is 3.41. The minimum Gasteiger partial charge on any atom is -0.0622 e. The van der Waals surface area contributed by atoms with E-state index in [1.807, 2.05) is 60.7 Å². The highest BCUT2D eigenvalue weighted by Gasteiger charge is 2.10. The SMILES string of the molecule is Cc1ccc(-c2cc(C)c(C)cc2C#Cc2ccccc2)c(C#Cc2ccccc2)c1. The average molecular weight is 397 g/mol. The van der Waals surface area contributed by atoms with E-state index in [0.717, 1.165) is 33.4 Å². The Hall–Kier alpha value is -4.00. The Kier molecular flexibility index (Phi) is 6.03. The zero-order chi connectivity index (χ0) is 21.6. The van der Waals surface area contributed by atoms with Gasteiger partial charge in [-0.25, -0.2) is 0 Å². The normalized spacial score (nSPS) is 9.90. The molecule has 0 nitrogen and oxygen atoms in total. The predicted octanol–water partition coefficient (Wildman–Crippen LogP) is 7.08. The van der Waals surface area contributed by atoms with Crippen LogP contribution in [0.5, 0.6) is 0 Å². The van der Waals surface area contributed by atoms with Gasteiger partial charge < -0.3 is 0 Å². The summed E-state index contributed by atoms with van der Waals surface area (Å²) in [5.74, 6) is 13.5. The fourth-order valence-corrected chi connectivity index (χ4v) is 3.46. The highest BCUT2D eigenvalue weighted by molar-refractivity contribution is 5.78. The van der Waals surface area contributed by atoms with Crippen molar-refractivity contribution in [2.45, 2.75) is 20.8 Å². The van der Waals surface area contributed by atoms with Crippen molar-refractivity contribution in [1.29, 1.82) is 0 Å². The molecule has 4 aromatic carbocycles. The summed E-state index contributed by atoms with van der Waals surface area (Å²) in [6.07, 6.45) is 0. The van der Waals surface area contributed by atoms with Gasteiger partial charge in [0.1, 0.15) is 0 Å². The van der Waals surface area contributed by atoms with Gasteiger partial charge in [0.15, 0.2) is 0 Å². The Balaban J connectivity index is 1.86. The van der Waals surface area contributed by atoms with Gasteiger partial charge in [-0.15, -0.1) is 0 Å².